The summed E-state index contributed by atoms with van der Waals surface area (Å²) in [5, 5.41) is 24.4. The molecule has 2 atom stereocenters. The number of carbonyl (C=O) groups is 2. The molecule has 0 bridgehead atoms. The summed E-state index contributed by atoms with van der Waals surface area (Å²) < 4.78 is 0. The predicted molar refractivity (Wildman–Crippen MR) is 73.2 cm³/mol. The van der Waals surface area contributed by atoms with Crippen LogP contribution < -0.4 is 10.6 Å². The molecular weight excluding hydrogens is 260 g/mol. The number of carboxylic acids is 1. The Hall–Kier alpha value is -1.30. The van der Waals surface area contributed by atoms with Crippen LogP contribution in [0.4, 0.5) is 4.79 Å². The molecule has 0 aromatic heterocycles. The van der Waals surface area contributed by atoms with E-state index in [1.54, 1.807) is 0 Å². The van der Waals surface area contributed by atoms with Crippen LogP contribution in [0.2, 0.25) is 0 Å². The van der Waals surface area contributed by atoms with Crippen LogP contribution in [-0.2, 0) is 4.79 Å². The lowest BCUT2D eigenvalue weighted by Gasteiger charge is -2.49. The molecule has 4 N–H and O–H groups in total. The first-order valence-electron chi connectivity index (χ1n) is 7.28. The minimum atomic E-state index is -0.738. The van der Waals surface area contributed by atoms with E-state index < -0.39 is 5.97 Å². The maximum Gasteiger partial charge on any atom is 0.315 e. The molecule has 2 unspecified atom stereocenters. The number of hydrogen-bond acceptors (Lipinski definition) is 3. The SMILES string of the molecule is CC1(C)C(O)CC1NC(=O)NC1CCC(C(=O)O)CC1. The highest BCUT2D eigenvalue weighted by Gasteiger charge is 2.48. The van der Waals surface area contributed by atoms with Gasteiger partial charge in [0.05, 0.1) is 12.0 Å². The van der Waals surface area contributed by atoms with Crippen LogP contribution in [-0.4, -0.2) is 40.4 Å². The van der Waals surface area contributed by atoms with Crippen LogP contribution in [0, 0.1) is 11.3 Å². The van der Waals surface area contributed by atoms with Crippen molar-refractivity contribution in [2.75, 3.05) is 0 Å². The number of carbonyl (C=O) groups excluding carboxylic acids is 1. The molecule has 0 aliphatic heterocycles. The molecular formula is C14H24N2O4. The molecule has 2 aliphatic carbocycles. The number of aliphatic hydroxyl groups excluding tert-OH is 1. The lowest BCUT2D eigenvalue weighted by Crippen LogP contribution is -2.63. The zero-order chi connectivity index (χ0) is 14.9. The summed E-state index contributed by atoms with van der Waals surface area (Å²) in [7, 11) is 0. The van der Waals surface area contributed by atoms with E-state index in [0.717, 1.165) is 0 Å². The second kappa shape index (κ2) is 5.60. The number of aliphatic hydroxyl groups is 1. The fraction of sp³-hybridized carbons (Fsp3) is 0.857. The molecule has 114 valence electrons. The van der Waals surface area contributed by atoms with Gasteiger partial charge in [0.2, 0.25) is 0 Å². The molecule has 20 heavy (non-hydrogen) atoms. The molecule has 2 saturated carbocycles. The number of carboxylic acid groups (broad SMARTS) is 1. The minimum absolute atomic E-state index is 0.00661. The maximum atomic E-state index is 11.9. The van der Waals surface area contributed by atoms with E-state index >= 15 is 0 Å². The average molecular weight is 284 g/mol. The van der Waals surface area contributed by atoms with Crippen molar-refractivity contribution in [3.8, 4) is 0 Å². The van der Waals surface area contributed by atoms with Gasteiger partial charge in [-0.1, -0.05) is 13.8 Å². The first-order valence-corrected chi connectivity index (χ1v) is 7.28. The van der Waals surface area contributed by atoms with Gasteiger partial charge in [-0.2, -0.15) is 0 Å². The minimum Gasteiger partial charge on any atom is -0.481 e. The molecule has 2 amide bonds. The third-order valence-electron chi connectivity index (χ3n) is 4.93. The van der Waals surface area contributed by atoms with Gasteiger partial charge in [0.15, 0.2) is 0 Å². The standard InChI is InChI=1S/C14H24N2O4/c1-14(2)10(7-11(14)17)16-13(20)15-9-5-3-8(4-6-9)12(18)19/h8-11,17H,3-7H2,1-2H3,(H,18,19)(H2,15,16,20). The zero-order valence-corrected chi connectivity index (χ0v) is 12.1. The molecule has 0 aromatic rings. The summed E-state index contributed by atoms with van der Waals surface area (Å²) in [5.41, 5.74) is -0.279. The summed E-state index contributed by atoms with van der Waals surface area (Å²) in [6.45, 7) is 3.87. The van der Waals surface area contributed by atoms with Crippen molar-refractivity contribution in [3.05, 3.63) is 0 Å². The topological polar surface area (TPSA) is 98.7 Å². The Morgan fingerprint density at radius 2 is 1.70 bits per heavy atom. The Balaban J connectivity index is 1.72. The Kier molecular flexibility index (Phi) is 4.22. The second-order valence-corrected chi connectivity index (χ2v) is 6.63. The zero-order valence-electron chi connectivity index (χ0n) is 12.1. The Morgan fingerprint density at radius 3 is 2.15 bits per heavy atom. The van der Waals surface area contributed by atoms with E-state index in [0.29, 0.717) is 32.1 Å². The number of aliphatic carboxylic acids is 1. The van der Waals surface area contributed by atoms with Crippen molar-refractivity contribution in [1.82, 2.24) is 10.6 Å². The maximum absolute atomic E-state index is 11.9. The highest BCUT2D eigenvalue weighted by molar-refractivity contribution is 5.75. The lowest BCUT2D eigenvalue weighted by molar-refractivity contribution is -0.142. The van der Waals surface area contributed by atoms with Gasteiger partial charge in [0.1, 0.15) is 0 Å². The van der Waals surface area contributed by atoms with E-state index in [9.17, 15) is 14.7 Å². The largest absolute Gasteiger partial charge is 0.481 e. The Bertz CT molecular complexity index is 389. The summed E-state index contributed by atoms with van der Waals surface area (Å²) in [6, 6.07) is -0.166. The van der Waals surface area contributed by atoms with Crippen molar-refractivity contribution >= 4 is 12.0 Å². The van der Waals surface area contributed by atoms with Gasteiger partial charge in [-0.25, -0.2) is 4.79 Å². The molecule has 2 aliphatic rings. The molecule has 0 spiro atoms. The van der Waals surface area contributed by atoms with Crippen molar-refractivity contribution in [1.29, 1.82) is 0 Å². The van der Waals surface area contributed by atoms with Crippen LogP contribution >= 0.6 is 0 Å². The lowest BCUT2D eigenvalue weighted by atomic mass is 9.64. The monoisotopic (exact) mass is 284 g/mol. The molecule has 0 aromatic carbocycles. The molecule has 0 radical (unpaired) electrons. The van der Waals surface area contributed by atoms with Crippen LogP contribution in [0.5, 0.6) is 0 Å². The summed E-state index contributed by atoms with van der Waals surface area (Å²) in [6.07, 6.45) is 2.88. The van der Waals surface area contributed by atoms with Crippen LogP contribution in [0.1, 0.15) is 46.0 Å². The van der Waals surface area contributed by atoms with Crippen LogP contribution in [0.3, 0.4) is 0 Å². The smallest absolute Gasteiger partial charge is 0.315 e. The quantitative estimate of drug-likeness (QED) is 0.623. The van der Waals surface area contributed by atoms with Gasteiger partial charge in [-0.05, 0) is 32.1 Å². The first-order chi connectivity index (χ1) is 9.30. The third kappa shape index (κ3) is 3.06. The van der Waals surface area contributed by atoms with E-state index in [4.69, 9.17) is 5.11 Å². The van der Waals surface area contributed by atoms with Crippen molar-refractivity contribution in [2.45, 2.75) is 64.1 Å². The number of urea groups is 1. The first kappa shape index (κ1) is 15.1. The molecule has 6 nitrogen and oxygen atoms in total. The number of nitrogens with one attached hydrogen (secondary N) is 2. The van der Waals surface area contributed by atoms with Crippen molar-refractivity contribution in [2.24, 2.45) is 11.3 Å². The Morgan fingerprint density at radius 1 is 1.10 bits per heavy atom. The molecule has 0 heterocycles. The third-order valence-corrected chi connectivity index (χ3v) is 4.93. The van der Waals surface area contributed by atoms with E-state index in [1.165, 1.54) is 0 Å². The van der Waals surface area contributed by atoms with Gasteiger partial charge >= 0.3 is 12.0 Å². The average Bonchev–Trinajstić information content (AvgIpc) is 2.39. The number of rotatable bonds is 3. The number of hydrogen-bond donors (Lipinski definition) is 4. The van der Waals surface area contributed by atoms with Gasteiger partial charge in [0.25, 0.3) is 0 Å². The fourth-order valence-corrected chi connectivity index (χ4v) is 3.02. The summed E-state index contributed by atoms with van der Waals surface area (Å²) in [4.78, 5) is 22.8. The second-order valence-electron chi connectivity index (χ2n) is 6.63. The summed E-state index contributed by atoms with van der Waals surface area (Å²) in [5.74, 6) is -1.00. The van der Waals surface area contributed by atoms with Crippen LogP contribution in [0.25, 0.3) is 0 Å². The van der Waals surface area contributed by atoms with Gasteiger partial charge in [0, 0.05) is 17.5 Å². The molecule has 2 rings (SSSR count). The van der Waals surface area contributed by atoms with Gasteiger partial charge < -0.3 is 20.8 Å². The normalized spacial score (nSPS) is 35.8. The Labute approximate surface area is 118 Å². The number of amides is 2. The van der Waals surface area contributed by atoms with E-state index in [-0.39, 0.29) is 35.6 Å². The molecule has 6 heteroatoms. The van der Waals surface area contributed by atoms with Crippen LogP contribution in [0.15, 0.2) is 0 Å². The van der Waals surface area contributed by atoms with E-state index in [1.807, 2.05) is 13.8 Å². The van der Waals surface area contributed by atoms with Gasteiger partial charge in [-0.15, -0.1) is 0 Å². The van der Waals surface area contributed by atoms with E-state index in [2.05, 4.69) is 10.6 Å². The highest BCUT2D eigenvalue weighted by atomic mass is 16.4. The predicted octanol–water partition coefficient (Wildman–Crippen LogP) is 1.09. The van der Waals surface area contributed by atoms with Gasteiger partial charge in [-0.3, -0.25) is 4.79 Å². The highest BCUT2D eigenvalue weighted by Crippen LogP contribution is 2.40. The fourth-order valence-electron chi connectivity index (χ4n) is 3.02. The van der Waals surface area contributed by atoms with Crippen molar-refractivity contribution in [3.63, 3.8) is 0 Å². The summed E-state index contributed by atoms with van der Waals surface area (Å²) >= 11 is 0. The van der Waals surface area contributed by atoms with Crippen molar-refractivity contribution < 1.29 is 19.8 Å². The molecule has 0 saturated heterocycles. The molecule has 2 fully saturated rings.